The fourth-order valence-corrected chi connectivity index (χ4v) is 6.52. The molecule has 0 aliphatic carbocycles. The smallest absolute Gasteiger partial charge is 0.387 e. The summed E-state index contributed by atoms with van der Waals surface area (Å²) in [5.74, 6) is 4.25. The minimum atomic E-state index is -5.79. The normalized spacial score (nSPS) is 28.7. The summed E-state index contributed by atoms with van der Waals surface area (Å²) in [6.45, 7) is -0.0935. The lowest BCUT2D eigenvalue weighted by molar-refractivity contribution is -0.0733. The van der Waals surface area contributed by atoms with E-state index in [0.29, 0.717) is 0 Å². The zero-order valence-electron chi connectivity index (χ0n) is 17.9. The summed E-state index contributed by atoms with van der Waals surface area (Å²) >= 11 is 0. The maximum absolute atomic E-state index is 12.8. The van der Waals surface area contributed by atoms with Crippen molar-refractivity contribution in [1.29, 1.82) is 0 Å². The number of hydrogen-bond donors (Lipinski definition) is 7. The molecule has 7 atom stereocenters. The van der Waals surface area contributed by atoms with Gasteiger partial charge in [0.15, 0.2) is 17.4 Å². The van der Waals surface area contributed by atoms with Crippen molar-refractivity contribution in [1.82, 2.24) is 19.5 Å². The van der Waals surface area contributed by atoms with Gasteiger partial charge in [-0.3, -0.25) is 9.09 Å². The monoisotopic (exact) mass is 576 g/mol. The van der Waals surface area contributed by atoms with E-state index in [4.69, 9.17) is 30.5 Å². The molecule has 3 rings (SSSR count). The topological polar surface area (TPSA) is 285 Å². The number of alkyl halides is 1. The zero-order chi connectivity index (χ0) is 27.1. The van der Waals surface area contributed by atoms with Gasteiger partial charge < -0.3 is 40.9 Å². The van der Waals surface area contributed by atoms with Crippen molar-refractivity contribution < 1.29 is 60.6 Å². The van der Waals surface area contributed by atoms with Crippen LogP contribution in [0.1, 0.15) is 13.2 Å². The molecule has 0 amide bonds. The van der Waals surface area contributed by atoms with Gasteiger partial charge in [0.2, 0.25) is 5.95 Å². The van der Waals surface area contributed by atoms with Gasteiger partial charge in [-0.1, -0.05) is 11.8 Å². The third kappa shape index (κ3) is 6.33. The number of aliphatic hydroxyl groups excluding tert-OH is 1. The summed E-state index contributed by atoms with van der Waals surface area (Å²) in [4.78, 5) is 48.2. The summed E-state index contributed by atoms with van der Waals surface area (Å²) in [6.07, 6.45) is -4.12. The largest absolute Gasteiger partial charge is 0.490 e. The van der Waals surface area contributed by atoms with Crippen LogP contribution < -0.4 is 11.5 Å². The van der Waals surface area contributed by atoms with Crippen molar-refractivity contribution in [2.24, 2.45) is 5.73 Å². The molecule has 1 fully saturated rings. The van der Waals surface area contributed by atoms with Gasteiger partial charge in [0, 0.05) is 0 Å². The Balaban J connectivity index is 1.91. The number of nitrogens with zero attached hydrogens (tertiary/aromatic N) is 4. The average Bonchev–Trinajstić information content (AvgIpc) is 3.22. The molecule has 0 radical (unpaired) electrons. The molecule has 2 aromatic heterocycles. The Bertz CT molecular complexity index is 1340. The second kappa shape index (κ2) is 10.1. The molecule has 36 heavy (non-hydrogen) atoms. The lowest BCUT2D eigenvalue weighted by atomic mass is 9.90. The van der Waals surface area contributed by atoms with Gasteiger partial charge in [-0.2, -0.15) is 13.6 Å². The number of halogens is 1. The summed E-state index contributed by atoms with van der Waals surface area (Å²) in [5.41, 5.74) is 10.1. The summed E-state index contributed by atoms with van der Waals surface area (Å²) < 4.78 is 66.3. The summed E-state index contributed by atoms with van der Waals surface area (Å²) in [5, 5.41) is 10.9. The van der Waals surface area contributed by atoms with Gasteiger partial charge in [0.05, 0.1) is 18.6 Å². The lowest BCUT2D eigenvalue weighted by Crippen LogP contribution is -2.54. The molecule has 22 heteroatoms. The Hall–Kier alpha value is -1.87. The average molecular weight is 576 g/mol. The van der Waals surface area contributed by atoms with Crippen LogP contribution in [0.4, 0.5) is 10.3 Å². The van der Waals surface area contributed by atoms with Crippen LogP contribution in [0.5, 0.6) is 0 Å². The maximum atomic E-state index is 12.8. The highest BCUT2D eigenvalue weighted by molar-refractivity contribution is 7.66. The second-order valence-electron chi connectivity index (χ2n) is 7.26. The van der Waals surface area contributed by atoms with Gasteiger partial charge in [-0.25, -0.2) is 28.1 Å². The van der Waals surface area contributed by atoms with E-state index in [-0.39, 0.29) is 17.1 Å². The van der Waals surface area contributed by atoms with Crippen LogP contribution in [0.15, 0.2) is 12.5 Å². The van der Waals surface area contributed by atoms with Gasteiger partial charge in [-0.05, 0) is 6.92 Å². The molecule has 0 spiro atoms. The van der Waals surface area contributed by atoms with E-state index in [0.717, 1.165) is 6.92 Å². The highest BCUT2D eigenvalue weighted by Gasteiger charge is 2.57. The minimum absolute atomic E-state index is 0.0813. The Morgan fingerprint density at radius 3 is 2.53 bits per heavy atom. The molecule has 9 N–H and O–H groups in total. The van der Waals surface area contributed by atoms with E-state index in [1.54, 1.807) is 0 Å². The fourth-order valence-electron chi connectivity index (χ4n) is 3.32. The SMILES string of the molecule is C[C@H](OP(=O)(O)OP(=O)(O)OP(=O)(O)O)[C@H]1O[C@@H](n2cnc3cnc(N)nc32)C(N)(C#CCF)[C@H]1O. The number of nitrogen functional groups attached to an aromatic ring is 1. The molecule has 1 saturated heterocycles. The highest BCUT2D eigenvalue weighted by atomic mass is 31.3. The molecule has 200 valence electrons. The molecule has 0 saturated carbocycles. The molecular formula is C14H20FN6O12P3. The highest BCUT2D eigenvalue weighted by Crippen LogP contribution is 2.66. The number of phosphoric acid groups is 3. The Labute approximate surface area is 200 Å². The van der Waals surface area contributed by atoms with Crippen molar-refractivity contribution in [3.63, 3.8) is 0 Å². The lowest BCUT2D eigenvalue weighted by Gasteiger charge is -2.28. The first kappa shape index (κ1) is 28.7. The number of imidazole rings is 1. The van der Waals surface area contributed by atoms with Crippen LogP contribution >= 0.6 is 23.5 Å². The number of nitrogens with two attached hydrogens (primary N) is 2. The molecule has 0 aromatic carbocycles. The van der Waals surface area contributed by atoms with E-state index >= 15 is 0 Å². The van der Waals surface area contributed by atoms with Gasteiger partial charge >= 0.3 is 23.5 Å². The predicted molar refractivity (Wildman–Crippen MR) is 115 cm³/mol. The van der Waals surface area contributed by atoms with E-state index < -0.39 is 60.2 Å². The number of hydrogen-bond acceptors (Lipinski definition) is 13. The van der Waals surface area contributed by atoms with E-state index in [9.17, 15) is 33.0 Å². The summed E-state index contributed by atoms with van der Waals surface area (Å²) in [6, 6.07) is 0. The molecule has 0 bridgehead atoms. The quantitative estimate of drug-likeness (QED) is 0.147. The maximum Gasteiger partial charge on any atom is 0.490 e. The van der Waals surface area contributed by atoms with Crippen LogP contribution in [0.3, 0.4) is 0 Å². The van der Waals surface area contributed by atoms with Crippen LogP contribution in [0.25, 0.3) is 11.2 Å². The predicted octanol–water partition coefficient (Wildman–Crippen LogP) is -0.931. The van der Waals surface area contributed by atoms with Crippen molar-refractivity contribution in [2.45, 2.75) is 37.0 Å². The van der Waals surface area contributed by atoms with E-state index in [2.05, 4.69) is 35.4 Å². The van der Waals surface area contributed by atoms with Crippen molar-refractivity contribution in [3.8, 4) is 11.8 Å². The van der Waals surface area contributed by atoms with E-state index in [1.807, 2.05) is 0 Å². The van der Waals surface area contributed by atoms with Crippen LogP contribution in [0, 0.1) is 11.8 Å². The molecule has 18 nitrogen and oxygen atoms in total. The first-order chi connectivity index (χ1) is 16.5. The standard InChI is InChI=1S/C14H20FN6O12P3/c1-7(31-35(26,27)33-36(28,29)32-34(23,24)25)9-10(22)14(17,3-2-4-15)12(30-9)21-6-19-8-5-18-13(16)20-11(8)21/h5-7,9-10,12,22H,4,17H2,1H3,(H,26,27)(H,28,29)(H2,16,18,20)(H2,23,24,25)/t7-,9+,10-,12+,14?/m0/s1. The van der Waals surface area contributed by atoms with Crippen molar-refractivity contribution >= 4 is 40.6 Å². The van der Waals surface area contributed by atoms with Gasteiger partial charge in [0.25, 0.3) is 0 Å². The van der Waals surface area contributed by atoms with Gasteiger partial charge in [-0.15, -0.1) is 0 Å². The Morgan fingerprint density at radius 1 is 1.25 bits per heavy atom. The molecule has 3 unspecified atom stereocenters. The number of anilines is 1. The fraction of sp³-hybridized carbons (Fsp3) is 0.500. The third-order valence-electron chi connectivity index (χ3n) is 4.63. The Morgan fingerprint density at radius 2 is 1.92 bits per heavy atom. The zero-order valence-corrected chi connectivity index (χ0v) is 20.6. The molecule has 1 aliphatic rings. The number of fused-ring (bicyclic) bond motifs is 1. The first-order valence-electron chi connectivity index (χ1n) is 9.43. The van der Waals surface area contributed by atoms with Crippen LogP contribution in [-0.4, -0.2) is 74.7 Å². The molecular weight excluding hydrogens is 556 g/mol. The minimum Gasteiger partial charge on any atom is -0.387 e. The third-order valence-corrected chi connectivity index (χ3v) is 8.56. The first-order valence-corrected chi connectivity index (χ1v) is 14.0. The van der Waals surface area contributed by atoms with E-state index in [1.165, 1.54) is 17.1 Å². The van der Waals surface area contributed by atoms with Crippen LogP contribution in [-0.2, 0) is 31.6 Å². The number of aromatic nitrogens is 4. The number of rotatable bonds is 8. The molecule has 2 aromatic rings. The Kier molecular flexibility index (Phi) is 8.07. The number of phosphoric ester groups is 1. The second-order valence-corrected chi connectivity index (χ2v) is 11.6. The molecule has 1 aliphatic heterocycles. The summed E-state index contributed by atoms with van der Waals surface area (Å²) in [7, 11) is -17.0. The van der Waals surface area contributed by atoms with Crippen molar-refractivity contribution in [3.05, 3.63) is 12.5 Å². The van der Waals surface area contributed by atoms with Crippen molar-refractivity contribution in [2.75, 3.05) is 12.4 Å². The van der Waals surface area contributed by atoms with Gasteiger partial charge in [0.1, 0.15) is 24.4 Å². The van der Waals surface area contributed by atoms with Crippen LogP contribution in [0.2, 0.25) is 0 Å². The molecule has 3 heterocycles. The number of aliphatic hydroxyl groups is 1. The number of ether oxygens (including phenoxy) is 1.